The molecule has 7 heteroatoms. The molecule has 2 aromatic rings. The molecule has 0 bridgehead atoms. The van der Waals surface area contributed by atoms with E-state index in [-0.39, 0.29) is 12.0 Å². The Morgan fingerprint density at radius 2 is 2.15 bits per heavy atom. The molecule has 0 aromatic carbocycles. The van der Waals surface area contributed by atoms with Gasteiger partial charge in [0.15, 0.2) is 11.6 Å². The number of nitrogens with zero attached hydrogens (tertiary/aromatic N) is 5. The fourth-order valence-corrected chi connectivity index (χ4v) is 3.72. The topological polar surface area (TPSA) is 63.5 Å². The van der Waals surface area contributed by atoms with Crippen molar-refractivity contribution < 1.29 is 9.53 Å². The summed E-state index contributed by atoms with van der Waals surface area (Å²) in [6, 6.07) is 3.90. The van der Waals surface area contributed by atoms with Crippen LogP contribution in [0.25, 0.3) is 0 Å². The molecule has 1 amide bonds. The van der Waals surface area contributed by atoms with E-state index in [1.165, 1.54) is 12.8 Å². The number of aromatic nitrogens is 3. The molecule has 138 valence electrons. The van der Waals surface area contributed by atoms with Crippen molar-refractivity contribution >= 4 is 11.7 Å². The van der Waals surface area contributed by atoms with Gasteiger partial charge in [0.2, 0.25) is 5.91 Å². The van der Waals surface area contributed by atoms with Crippen molar-refractivity contribution in [2.45, 2.75) is 31.8 Å². The van der Waals surface area contributed by atoms with Crippen molar-refractivity contribution in [2.24, 2.45) is 7.05 Å². The summed E-state index contributed by atoms with van der Waals surface area (Å²) in [6.45, 7) is 3.44. The number of carbonyl (C=O) groups is 1. The number of likely N-dealkylation sites (tertiary alicyclic amines) is 1. The van der Waals surface area contributed by atoms with Crippen LogP contribution in [-0.2, 0) is 18.3 Å². The van der Waals surface area contributed by atoms with Gasteiger partial charge in [0.1, 0.15) is 6.10 Å². The predicted octanol–water partition coefficient (Wildman–Crippen LogP) is 1.64. The number of rotatable bonds is 5. The first-order valence-electron chi connectivity index (χ1n) is 9.31. The average molecular weight is 355 g/mol. The van der Waals surface area contributed by atoms with E-state index in [0.29, 0.717) is 13.0 Å². The second-order valence-electron chi connectivity index (χ2n) is 7.09. The van der Waals surface area contributed by atoms with Crippen LogP contribution in [0.3, 0.4) is 0 Å². The fraction of sp³-hybridized carbons (Fsp3) is 0.526. The van der Waals surface area contributed by atoms with Crippen LogP contribution in [0, 0.1) is 0 Å². The van der Waals surface area contributed by atoms with Crippen LogP contribution >= 0.6 is 0 Å². The lowest BCUT2D eigenvalue weighted by atomic mass is 10.2. The van der Waals surface area contributed by atoms with Gasteiger partial charge in [0.05, 0.1) is 19.2 Å². The number of amides is 1. The highest BCUT2D eigenvalue weighted by Crippen LogP contribution is 2.30. The van der Waals surface area contributed by atoms with Crippen molar-refractivity contribution in [1.82, 2.24) is 19.7 Å². The molecule has 2 fully saturated rings. The van der Waals surface area contributed by atoms with Gasteiger partial charge in [-0.1, -0.05) is 0 Å². The van der Waals surface area contributed by atoms with E-state index in [2.05, 4.69) is 15.0 Å². The molecule has 0 spiro atoms. The van der Waals surface area contributed by atoms with Crippen LogP contribution in [0.2, 0.25) is 0 Å². The zero-order valence-corrected chi connectivity index (χ0v) is 15.2. The highest BCUT2D eigenvalue weighted by molar-refractivity contribution is 5.79. The third kappa shape index (κ3) is 3.66. The van der Waals surface area contributed by atoms with Gasteiger partial charge in [-0.15, -0.1) is 0 Å². The fourth-order valence-electron chi connectivity index (χ4n) is 3.72. The Hall–Kier alpha value is -2.57. The molecule has 26 heavy (non-hydrogen) atoms. The highest BCUT2D eigenvalue weighted by atomic mass is 16.5. The summed E-state index contributed by atoms with van der Waals surface area (Å²) in [6.07, 6.45) is 9.14. The van der Waals surface area contributed by atoms with Crippen LogP contribution in [0.4, 0.5) is 5.82 Å². The summed E-state index contributed by atoms with van der Waals surface area (Å²) in [4.78, 5) is 21.2. The van der Waals surface area contributed by atoms with Gasteiger partial charge < -0.3 is 14.5 Å². The first kappa shape index (κ1) is 16.9. The second kappa shape index (κ2) is 7.35. The Morgan fingerprint density at radius 1 is 1.31 bits per heavy atom. The summed E-state index contributed by atoms with van der Waals surface area (Å²) < 4.78 is 7.96. The maximum absolute atomic E-state index is 12.5. The zero-order valence-electron chi connectivity index (χ0n) is 15.2. The Labute approximate surface area is 153 Å². The van der Waals surface area contributed by atoms with Crippen LogP contribution in [0.1, 0.15) is 24.8 Å². The number of pyridine rings is 1. The molecule has 4 rings (SSSR count). The van der Waals surface area contributed by atoms with Crippen molar-refractivity contribution in [2.75, 3.05) is 31.1 Å². The van der Waals surface area contributed by atoms with E-state index in [9.17, 15) is 4.79 Å². The minimum atomic E-state index is 0.0263. The van der Waals surface area contributed by atoms with Gasteiger partial charge in [-0.3, -0.25) is 9.48 Å². The van der Waals surface area contributed by atoms with Crippen LogP contribution in [0.15, 0.2) is 30.7 Å². The molecule has 2 aromatic heterocycles. The molecular weight excluding hydrogens is 330 g/mol. The molecule has 4 heterocycles. The van der Waals surface area contributed by atoms with E-state index < -0.39 is 0 Å². The van der Waals surface area contributed by atoms with Crippen molar-refractivity contribution in [3.8, 4) is 5.75 Å². The number of ether oxygens (including phenoxy) is 1. The average Bonchev–Trinajstić information content (AvgIpc) is 3.38. The first-order chi connectivity index (χ1) is 12.7. The van der Waals surface area contributed by atoms with Gasteiger partial charge in [-0.05, 0) is 30.5 Å². The minimum absolute atomic E-state index is 0.0263. The number of hydrogen-bond acceptors (Lipinski definition) is 5. The molecular formula is C19H25N5O2. The number of hydrogen-bond donors (Lipinski definition) is 0. The quantitative estimate of drug-likeness (QED) is 0.816. The summed E-state index contributed by atoms with van der Waals surface area (Å²) in [5, 5.41) is 4.12. The SMILES string of the molecule is Cn1cc(CC(=O)N2CC[C@H](Oc3cccnc3N3CCCC3)C2)cn1. The summed E-state index contributed by atoms with van der Waals surface area (Å²) in [5.41, 5.74) is 0.949. The monoisotopic (exact) mass is 355 g/mol. The smallest absolute Gasteiger partial charge is 0.227 e. The first-order valence-corrected chi connectivity index (χ1v) is 9.31. The Kier molecular flexibility index (Phi) is 4.77. The van der Waals surface area contributed by atoms with Crippen molar-refractivity contribution in [3.05, 3.63) is 36.3 Å². The number of carbonyl (C=O) groups excluding carboxylic acids is 1. The van der Waals surface area contributed by atoms with Crippen molar-refractivity contribution in [3.63, 3.8) is 0 Å². The lowest BCUT2D eigenvalue weighted by Crippen LogP contribution is -2.32. The molecule has 2 aliphatic rings. The van der Waals surface area contributed by atoms with E-state index in [1.54, 1.807) is 10.9 Å². The standard InChI is InChI=1S/C19H25N5O2/c1-22-13-15(12-21-22)11-18(25)24-10-6-16(14-24)26-17-5-4-7-20-19(17)23-8-2-3-9-23/h4-5,7,12-13,16H,2-3,6,8-11,14H2,1H3/t16-/m0/s1. The van der Waals surface area contributed by atoms with E-state index in [4.69, 9.17) is 4.74 Å². The molecule has 0 aliphatic carbocycles. The van der Waals surface area contributed by atoms with Gasteiger partial charge in [-0.25, -0.2) is 4.98 Å². The molecule has 7 nitrogen and oxygen atoms in total. The largest absolute Gasteiger partial charge is 0.485 e. The highest BCUT2D eigenvalue weighted by Gasteiger charge is 2.29. The third-order valence-electron chi connectivity index (χ3n) is 5.06. The molecule has 0 N–H and O–H groups in total. The lowest BCUT2D eigenvalue weighted by molar-refractivity contribution is -0.129. The maximum atomic E-state index is 12.5. The number of aryl methyl sites for hydroxylation is 1. The van der Waals surface area contributed by atoms with Gasteiger partial charge in [0, 0.05) is 45.5 Å². The molecule has 2 saturated heterocycles. The predicted molar refractivity (Wildman–Crippen MR) is 98.2 cm³/mol. The zero-order chi connectivity index (χ0) is 17.9. The molecule has 0 saturated carbocycles. The molecule has 1 atom stereocenters. The minimum Gasteiger partial charge on any atom is -0.485 e. The molecule has 0 unspecified atom stereocenters. The van der Waals surface area contributed by atoms with Gasteiger partial charge in [-0.2, -0.15) is 5.10 Å². The maximum Gasteiger partial charge on any atom is 0.227 e. The Balaban J connectivity index is 1.36. The molecule has 2 aliphatic heterocycles. The van der Waals surface area contributed by atoms with Crippen LogP contribution < -0.4 is 9.64 Å². The Bertz CT molecular complexity index is 769. The van der Waals surface area contributed by atoms with Crippen LogP contribution in [0.5, 0.6) is 5.75 Å². The van der Waals surface area contributed by atoms with Gasteiger partial charge in [0.25, 0.3) is 0 Å². The van der Waals surface area contributed by atoms with E-state index in [1.807, 2.05) is 36.5 Å². The van der Waals surface area contributed by atoms with Crippen LogP contribution in [-0.4, -0.2) is 57.9 Å². The normalized spacial score (nSPS) is 20.0. The van der Waals surface area contributed by atoms with E-state index in [0.717, 1.165) is 43.2 Å². The van der Waals surface area contributed by atoms with Gasteiger partial charge >= 0.3 is 0 Å². The molecule has 0 radical (unpaired) electrons. The Morgan fingerprint density at radius 3 is 2.92 bits per heavy atom. The third-order valence-corrected chi connectivity index (χ3v) is 5.06. The van der Waals surface area contributed by atoms with E-state index >= 15 is 0 Å². The summed E-state index contributed by atoms with van der Waals surface area (Å²) in [7, 11) is 1.86. The second-order valence-corrected chi connectivity index (χ2v) is 7.09. The summed E-state index contributed by atoms with van der Waals surface area (Å²) in [5.74, 6) is 1.90. The summed E-state index contributed by atoms with van der Waals surface area (Å²) >= 11 is 0. The van der Waals surface area contributed by atoms with Crippen molar-refractivity contribution in [1.29, 1.82) is 0 Å². The number of anilines is 1. The lowest BCUT2D eigenvalue weighted by Gasteiger charge is -2.22.